The van der Waals surface area contributed by atoms with Crippen LogP contribution in [-0.2, 0) is 15.7 Å². The maximum absolute atomic E-state index is 13.0. The number of benzene rings is 1. The summed E-state index contributed by atoms with van der Waals surface area (Å²) in [5, 5.41) is 11.4. The zero-order chi connectivity index (χ0) is 20.4. The molecule has 0 radical (unpaired) electrons. The second-order valence-electron chi connectivity index (χ2n) is 5.45. The van der Waals surface area contributed by atoms with Gasteiger partial charge in [0.05, 0.1) is 17.2 Å². The number of nitrogens with one attached hydrogen (secondary N) is 1. The lowest BCUT2D eigenvalue weighted by molar-refractivity contribution is -0.138. The number of esters is 1. The number of carboxylic acid groups (broad SMARTS) is 1. The van der Waals surface area contributed by atoms with Crippen LogP contribution in [0.15, 0.2) is 28.7 Å². The van der Waals surface area contributed by atoms with E-state index in [-0.39, 0.29) is 29.4 Å². The van der Waals surface area contributed by atoms with Gasteiger partial charge in [0.25, 0.3) is 0 Å². The summed E-state index contributed by atoms with van der Waals surface area (Å²) in [5.74, 6) is -2.14. The average molecular weight is 406 g/mol. The maximum Gasteiger partial charge on any atom is 0.417 e. The summed E-state index contributed by atoms with van der Waals surface area (Å²) in [4.78, 5) is 23.4. The molecule has 27 heavy (non-hydrogen) atoms. The van der Waals surface area contributed by atoms with Crippen molar-refractivity contribution < 1.29 is 37.0 Å². The Morgan fingerprint density at radius 3 is 2.56 bits per heavy atom. The first-order chi connectivity index (χ1) is 12.5. The van der Waals surface area contributed by atoms with E-state index in [4.69, 9.17) is 20.8 Å². The van der Waals surface area contributed by atoms with Crippen molar-refractivity contribution in [3.63, 3.8) is 0 Å². The molecule has 0 saturated carbocycles. The molecule has 6 nitrogen and oxygen atoms in total. The zero-order valence-corrected chi connectivity index (χ0v) is 14.9. The Balaban J connectivity index is 2.36. The Morgan fingerprint density at radius 1 is 1.33 bits per heavy atom. The lowest BCUT2D eigenvalue weighted by atomic mass is 10.1. The lowest BCUT2D eigenvalue weighted by Gasteiger charge is -2.16. The van der Waals surface area contributed by atoms with Crippen molar-refractivity contribution in [3.05, 3.63) is 51.9 Å². The standard InChI is InChI=1S/C17H15ClF3NO5/c1-3-26-16(25)10-7-13(27-8(10)2)14(15(23)24)22-9-4-5-12(18)11(6-9)17(19,20)21/h4-7,14,22H,3H2,1-2H3,(H,23,24). The fourth-order valence-corrected chi connectivity index (χ4v) is 2.54. The van der Waals surface area contributed by atoms with Gasteiger partial charge in [-0.05, 0) is 38.1 Å². The molecule has 1 heterocycles. The number of halogens is 4. The van der Waals surface area contributed by atoms with Crippen LogP contribution >= 0.6 is 11.6 Å². The predicted molar refractivity (Wildman–Crippen MR) is 89.9 cm³/mol. The summed E-state index contributed by atoms with van der Waals surface area (Å²) in [7, 11) is 0. The van der Waals surface area contributed by atoms with Crippen molar-refractivity contribution in [2.75, 3.05) is 11.9 Å². The molecular formula is C17H15ClF3NO5. The van der Waals surface area contributed by atoms with E-state index in [0.29, 0.717) is 6.07 Å². The van der Waals surface area contributed by atoms with Gasteiger partial charge in [0.2, 0.25) is 0 Å². The second-order valence-corrected chi connectivity index (χ2v) is 5.85. The number of carbonyl (C=O) groups is 2. The number of rotatable bonds is 6. The molecule has 0 fully saturated rings. The molecule has 0 spiro atoms. The molecule has 2 N–H and O–H groups in total. The molecule has 1 atom stereocenters. The van der Waals surface area contributed by atoms with Gasteiger partial charge in [0.15, 0.2) is 6.04 Å². The Morgan fingerprint density at radius 2 is 2.00 bits per heavy atom. The van der Waals surface area contributed by atoms with Crippen LogP contribution in [0.1, 0.15) is 40.4 Å². The van der Waals surface area contributed by atoms with Gasteiger partial charge in [-0.3, -0.25) is 0 Å². The fraction of sp³-hybridized carbons (Fsp3) is 0.294. The molecule has 0 amide bonds. The molecule has 0 aliphatic carbocycles. The molecule has 0 aliphatic rings. The third kappa shape index (κ3) is 4.73. The molecular weight excluding hydrogens is 391 g/mol. The number of aryl methyl sites for hydroxylation is 1. The van der Waals surface area contributed by atoms with E-state index in [2.05, 4.69) is 5.32 Å². The number of carbonyl (C=O) groups excluding carboxylic acids is 1. The van der Waals surface area contributed by atoms with Gasteiger partial charge >= 0.3 is 18.1 Å². The van der Waals surface area contributed by atoms with Crippen molar-refractivity contribution in [1.29, 1.82) is 0 Å². The SMILES string of the molecule is CCOC(=O)c1cc(C(Nc2ccc(Cl)c(C(F)(F)F)c2)C(=O)O)oc1C. The number of carboxylic acids is 1. The fourth-order valence-electron chi connectivity index (χ4n) is 2.31. The van der Waals surface area contributed by atoms with Crippen LogP contribution < -0.4 is 5.32 Å². The first-order valence-corrected chi connectivity index (χ1v) is 8.06. The van der Waals surface area contributed by atoms with Crippen molar-refractivity contribution in [3.8, 4) is 0 Å². The first-order valence-electron chi connectivity index (χ1n) is 7.68. The van der Waals surface area contributed by atoms with E-state index in [1.165, 1.54) is 19.1 Å². The van der Waals surface area contributed by atoms with Gasteiger partial charge in [-0.25, -0.2) is 9.59 Å². The quantitative estimate of drug-likeness (QED) is 0.679. The molecule has 2 rings (SSSR count). The van der Waals surface area contributed by atoms with Crippen LogP contribution in [0.2, 0.25) is 5.02 Å². The number of alkyl halides is 3. The van der Waals surface area contributed by atoms with Crippen LogP contribution in [0, 0.1) is 6.92 Å². The highest BCUT2D eigenvalue weighted by molar-refractivity contribution is 6.31. The van der Waals surface area contributed by atoms with Gasteiger partial charge in [-0.1, -0.05) is 11.6 Å². The van der Waals surface area contributed by atoms with Gasteiger partial charge in [0, 0.05) is 5.69 Å². The minimum absolute atomic E-state index is 0.0342. The molecule has 1 aromatic heterocycles. The van der Waals surface area contributed by atoms with Crippen molar-refractivity contribution in [1.82, 2.24) is 0 Å². The second kappa shape index (κ2) is 7.91. The average Bonchev–Trinajstić information content (AvgIpc) is 2.94. The molecule has 1 unspecified atom stereocenters. The highest BCUT2D eigenvalue weighted by Crippen LogP contribution is 2.37. The molecule has 0 saturated heterocycles. The normalized spacial score (nSPS) is 12.5. The van der Waals surface area contributed by atoms with E-state index in [1.807, 2.05) is 0 Å². The van der Waals surface area contributed by atoms with E-state index >= 15 is 0 Å². The van der Waals surface area contributed by atoms with Crippen LogP contribution in [0.3, 0.4) is 0 Å². The largest absolute Gasteiger partial charge is 0.479 e. The highest BCUT2D eigenvalue weighted by atomic mass is 35.5. The number of anilines is 1. The third-order valence-electron chi connectivity index (χ3n) is 3.55. The lowest BCUT2D eigenvalue weighted by Crippen LogP contribution is -2.20. The highest BCUT2D eigenvalue weighted by Gasteiger charge is 2.34. The van der Waals surface area contributed by atoms with Gasteiger partial charge in [-0.15, -0.1) is 0 Å². The molecule has 0 aliphatic heterocycles. The van der Waals surface area contributed by atoms with Crippen molar-refractivity contribution in [2.24, 2.45) is 0 Å². The monoisotopic (exact) mass is 405 g/mol. The van der Waals surface area contributed by atoms with Gasteiger partial charge < -0.3 is 19.6 Å². The van der Waals surface area contributed by atoms with Crippen LogP contribution in [0.5, 0.6) is 0 Å². The number of aliphatic carboxylic acids is 1. The van der Waals surface area contributed by atoms with E-state index in [0.717, 1.165) is 6.07 Å². The Hall–Kier alpha value is -2.68. The summed E-state index contributed by atoms with van der Waals surface area (Å²) in [6.45, 7) is 3.16. The minimum atomic E-state index is -4.70. The Bertz CT molecular complexity index is 863. The van der Waals surface area contributed by atoms with E-state index < -0.39 is 34.7 Å². The molecule has 2 aromatic rings. The van der Waals surface area contributed by atoms with Crippen LogP contribution in [-0.4, -0.2) is 23.7 Å². The summed E-state index contributed by atoms with van der Waals surface area (Å²) in [5.41, 5.74) is -1.21. The van der Waals surface area contributed by atoms with Crippen molar-refractivity contribution in [2.45, 2.75) is 26.1 Å². The van der Waals surface area contributed by atoms with Gasteiger partial charge in [0.1, 0.15) is 17.1 Å². The Labute approximate surface area is 156 Å². The molecule has 1 aromatic carbocycles. The van der Waals surface area contributed by atoms with E-state index in [1.54, 1.807) is 6.92 Å². The number of hydrogen-bond donors (Lipinski definition) is 2. The van der Waals surface area contributed by atoms with Gasteiger partial charge in [-0.2, -0.15) is 13.2 Å². The predicted octanol–water partition coefficient (Wildman–Crippen LogP) is 4.67. The van der Waals surface area contributed by atoms with Crippen LogP contribution in [0.4, 0.5) is 18.9 Å². The number of ether oxygens (including phenoxy) is 1. The summed E-state index contributed by atoms with van der Waals surface area (Å²) >= 11 is 5.55. The molecule has 0 bridgehead atoms. The number of hydrogen-bond acceptors (Lipinski definition) is 5. The van der Waals surface area contributed by atoms with Crippen LogP contribution in [0.25, 0.3) is 0 Å². The maximum atomic E-state index is 13.0. The minimum Gasteiger partial charge on any atom is -0.479 e. The summed E-state index contributed by atoms with van der Waals surface area (Å²) in [6, 6.07) is 2.55. The molecule has 146 valence electrons. The van der Waals surface area contributed by atoms with Crippen molar-refractivity contribution >= 4 is 29.2 Å². The number of furan rings is 1. The Kier molecular flexibility index (Phi) is 6.04. The molecule has 10 heteroatoms. The smallest absolute Gasteiger partial charge is 0.417 e. The topological polar surface area (TPSA) is 88.8 Å². The summed E-state index contributed by atoms with van der Waals surface area (Å²) in [6.07, 6.45) is -4.70. The summed E-state index contributed by atoms with van der Waals surface area (Å²) < 4.78 is 49.0. The first kappa shape index (κ1) is 20.6. The van der Waals surface area contributed by atoms with E-state index in [9.17, 15) is 27.9 Å². The zero-order valence-electron chi connectivity index (χ0n) is 14.2. The third-order valence-corrected chi connectivity index (χ3v) is 3.88.